The zero-order valence-corrected chi connectivity index (χ0v) is 32.9. The van der Waals surface area contributed by atoms with Gasteiger partial charge in [0.15, 0.2) is 11.6 Å². The number of hydrogen-bond acceptors (Lipinski definition) is 9. The minimum atomic E-state index is -0.611. The van der Waals surface area contributed by atoms with E-state index in [1.54, 1.807) is 52.0 Å². The highest BCUT2D eigenvalue weighted by Crippen LogP contribution is 2.25. The number of halogens is 2. The van der Waals surface area contributed by atoms with Gasteiger partial charge in [-0.15, -0.1) is 23.2 Å². The Morgan fingerprint density at radius 3 is 1.61 bits per heavy atom. The molecule has 0 aliphatic heterocycles. The second-order valence-electron chi connectivity index (χ2n) is 12.8. The lowest BCUT2D eigenvalue weighted by Crippen LogP contribution is -2.28. The van der Waals surface area contributed by atoms with Crippen molar-refractivity contribution in [3.05, 3.63) is 87.3 Å². The maximum absolute atomic E-state index is 13.3. The highest BCUT2D eigenvalue weighted by atomic mass is 35.5. The molecule has 0 atom stereocenters. The Hall–Kier alpha value is -6.60. The molecule has 0 saturated carbocycles. The number of aromatic amines is 4. The number of H-pyrrole nitrogens is 4. The Morgan fingerprint density at radius 1 is 0.667 bits per heavy atom. The predicted octanol–water partition coefficient (Wildman–Crippen LogP) is 4.37. The summed E-state index contributed by atoms with van der Waals surface area (Å²) >= 11 is 11.8. The van der Waals surface area contributed by atoms with Gasteiger partial charge in [0.25, 0.3) is 29.5 Å². The van der Waals surface area contributed by atoms with Gasteiger partial charge in [0.05, 0.1) is 17.2 Å². The van der Waals surface area contributed by atoms with E-state index in [1.807, 2.05) is 4.90 Å². The van der Waals surface area contributed by atoms with Gasteiger partial charge in [-0.3, -0.25) is 39.6 Å². The molecule has 0 bridgehead atoms. The average molecular weight is 822 g/mol. The van der Waals surface area contributed by atoms with Gasteiger partial charge < -0.3 is 47.2 Å². The molecule has 300 valence electrons. The summed E-state index contributed by atoms with van der Waals surface area (Å²) in [6.07, 6.45) is 3.15. The van der Waals surface area contributed by atoms with Gasteiger partial charge >= 0.3 is 0 Å². The molecule has 1 aromatic carbocycles. The van der Waals surface area contributed by atoms with Crippen molar-refractivity contribution in [3.63, 3.8) is 0 Å². The molecule has 21 heteroatoms. The average Bonchev–Trinajstić information content (AvgIpc) is 3.94. The van der Waals surface area contributed by atoms with Gasteiger partial charge in [-0.1, -0.05) is 0 Å². The second kappa shape index (κ2) is 18.4. The second-order valence-corrected chi connectivity index (χ2v) is 13.6. The molecule has 4 aromatic heterocycles. The molecule has 5 rings (SSSR count). The summed E-state index contributed by atoms with van der Waals surface area (Å²) in [4.78, 5) is 73.0. The smallest absolute Gasteiger partial charge is 0.275 e. The van der Waals surface area contributed by atoms with Gasteiger partial charge in [0, 0.05) is 83.7 Å². The summed E-state index contributed by atoms with van der Waals surface area (Å²) in [5, 5.41) is 34.3. The fourth-order valence-corrected chi connectivity index (χ4v) is 6.13. The number of alkyl halides is 2. The Balaban J connectivity index is 1.18. The van der Waals surface area contributed by atoms with E-state index in [9.17, 15) is 24.0 Å². The van der Waals surface area contributed by atoms with Crippen LogP contribution >= 0.6 is 23.2 Å². The van der Waals surface area contributed by atoms with E-state index >= 15 is 0 Å². The summed E-state index contributed by atoms with van der Waals surface area (Å²) < 4.78 is 0. The van der Waals surface area contributed by atoms with Crippen LogP contribution in [0, 0.1) is 33.1 Å². The Bertz CT molecular complexity index is 2300. The van der Waals surface area contributed by atoms with Crippen molar-refractivity contribution in [1.82, 2.24) is 35.7 Å². The molecule has 0 aliphatic rings. The van der Waals surface area contributed by atoms with Crippen LogP contribution in [-0.4, -0.2) is 97.1 Å². The molecule has 0 fully saturated rings. The van der Waals surface area contributed by atoms with E-state index in [4.69, 9.17) is 34.3 Å². The Labute approximate surface area is 336 Å². The third kappa shape index (κ3) is 9.62. The molecule has 4 heterocycles. The van der Waals surface area contributed by atoms with Crippen LogP contribution in [0.15, 0.2) is 36.7 Å². The van der Waals surface area contributed by atoms with E-state index < -0.39 is 29.5 Å². The largest absolute Gasteiger partial charge is 0.388 e. The van der Waals surface area contributed by atoms with Crippen LogP contribution in [0.4, 0.5) is 28.7 Å². The van der Waals surface area contributed by atoms with Gasteiger partial charge in [0.1, 0.15) is 22.8 Å². The quantitative estimate of drug-likeness (QED) is 0.0360. The Kier molecular flexibility index (Phi) is 13.4. The van der Waals surface area contributed by atoms with Crippen LogP contribution < -0.4 is 37.2 Å². The molecule has 57 heavy (non-hydrogen) atoms. The number of aromatic nitrogens is 6. The number of carbonyl (C=O) groups excluding carboxylic acids is 5. The first-order valence-corrected chi connectivity index (χ1v) is 18.6. The van der Waals surface area contributed by atoms with Crippen molar-refractivity contribution in [2.24, 2.45) is 5.73 Å². The molecule has 0 saturated heterocycles. The van der Waals surface area contributed by atoms with Crippen LogP contribution in [0.2, 0.25) is 0 Å². The maximum atomic E-state index is 13.3. The first-order chi connectivity index (χ1) is 27.2. The normalized spacial score (nSPS) is 10.8. The lowest BCUT2D eigenvalue weighted by Gasteiger charge is -2.22. The van der Waals surface area contributed by atoms with Crippen LogP contribution in [0.25, 0.3) is 0 Å². The van der Waals surface area contributed by atoms with Gasteiger partial charge in [-0.25, -0.2) is 0 Å². The molecule has 5 amide bonds. The number of benzene rings is 1. The number of amidine groups is 1. The monoisotopic (exact) mass is 820 g/mol. The highest BCUT2D eigenvalue weighted by molar-refractivity contribution is 6.18. The summed E-state index contributed by atoms with van der Waals surface area (Å²) in [7, 11) is 0. The van der Waals surface area contributed by atoms with E-state index in [1.165, 1.54) is 12.4 Å². The lowest BCUT2D eigenvalue weighted by molar-refractivity contribution is 0.0947. The number of hydrogen-bond donors (Lipinski definition) is 11. The van der Waals surface area contributed by atoms with Crippen molar-refractivity contribution >= 4 is 87.3 Å². The molecule has 0 aliphatic carbocycles. The van der Waals surface area contributed by atoms with Crippen molar-refractivity contribution in [2.75, 3.05) is 57.6 Å². The fourth-order valence-electron chi connectivity index (χ4n) is 5.72. The van der Waals surface area contributed by atoms with E-state index in [0.29, 0.717) is 64.0 Å². The first kappa shape index (κ1) is 41.6. The number of amides is 5. The molecule has 5 aromatic rings. The number of nitrogens with two attached hydrogens (primary N) is 1. The molecule has 0 radical (unpaired) electrons. The minimum absolute atomic E-state index is 0.0492. The molecular formula is C36H42Cl2N14O5. The van der Waals surface area contributed by atoms with Crippen molar-refractivity contribution in [3.8, 4) is 0 Å². The SMILES string of the molecule is Cc1c(NC(=O)c2[nH]cc(NC(=O)c3[nH]nc(NC(=O)c4[nH]nc(NC(=O)c5ccc(N(CCCl)CCCl)cc5)c4C)c3C)c2C)c[nH]c1C(=O)NCCC(=N)N. The molecule has 12 N–H and O–H groups in total. The summed E-state index contributed by atoms with van der Waals surface area (Å²) in [6.45, 7) is 7.92. The molecule has 0 unspecified atom stereocenters. The third-order valence-electron chi connectivity index (χ3n) is 9.05. The van der Waals surface area contributed by atoms with E-state index in [2.05, 4.69) is 56.9 Å². The third-order valence-corrected chi connectivity index (χ3v) is 9.39. The zero-order valence-electron chi connectivity index (χ0n) is 31.4. The summed E-state index contributed by atoms with van der Waals surface area (Å²) in [5.74, 6) is -1.50. The fraction of sp³-hybridized carbons (Fsp3) is 0.278. The van der Waals surface area contributed by atoms with Crippen molar-refractivity contribution in [2.45, 2.75) is 34.1 Å². The first-order valence-electron chi connectivity index (χ1n) is 17.5. The standard InChI is InChI=1S/C36H42Cl2N14O5/c1-17-23(15-42-26(17)33(54)41-12-9-25(39)40)44-34(55)27-18(2)24(16-43-27)45-35(56)28-19(3)31(51-48-28)47-36(57)29-20(4)30(50-49-29)46-32(53)21-5-7-22(8-6-21)52(13-10-37)14-11-38/h5-8,15-16,42-43H,9-14H2,1-4H3,(H3,39,40)(H,41,54)(H,44,55)(H,45,56)(H2,46,49,50,53)(H2,47,48,51,57). The maximum Gasteiger partial charge on any atom is 0.275 e. The van der Waals surface area contributed by atoms with Crippen molar-refractivity contribution < 1.29 is 24.0 Å². The molecule has 0 spiro atoms. The van der Waals surface area contributed by atoms with Crippen molar-refractivity contribution in [1.29, 1.82) is 5.41 Å². The predicted molar refractivity (Wildman–Crippen MR) is 218 cm³/mol. The van der Waals surface area contributed by atoms with Gasteiger partial charge in [0.2, 0.25) is 0 Å². The zero-order chi connectivity index (χ0) is 41.4. The number of nitrogens with one attached hydrogen (secondary N) is 10. The minimum Gasteiger partial charge on any atom is -0.388 e. The highest BCUT2D eigenvalue weighted by Gasteiger charge is 2.24. The number of carbonyl (C=O) groups is 5. The summed E-state index contributed by atoms with van der Waals surface area (Å²) in [6, 6.07) is 6.94. The van der Waals surface area contributed by atoms with Crippen LogP contribution in [0.3, 0.4) is 0 Å². The van der Waals surface area contributed by atoms with Gasteiger partial charge in [-0.05, 0) is 52.0 Å². The molecular weight excluding hydrogens is 779 g/mol. The van der Waals surface area contributed by atoms with E-state index in [0.717, 1.165) is 5.69 Å². The number of rotatable bonds is 17. The van der Waals surface area contributed by atoms with Crippen LogP contribution in [0.1, 0.15) is 81.0 Å². The van der Waals surface area contributed by atoms with E-state index in [-0.39, 0.29) is 53.2 Å². The molecule has 19 nitrogen and oxygen atoms in total. The van der Waals surface area contributed by atoms with Crippen LogP contribution in [0.5, 0.6) is 0 Å². The topological polar surface area (TPSA) is 288 Å². The lowest BCUT2D eigenvalue weighted by atomic mass is 10.1. The Morgan fingerprint density at radius 2 is 1.12 bits per heavy atom. The number of anilines is 5. The number of nitrogens with zero attached hydrogens (tertiary/aromatic N) is 3. The summed E-state index contributed by atoms with van der Waals surface area (Å²) in [5.41, 5.74) is 9.47. The van der Waals surface area contributed by atoms with Gasteiger partial charge in [-0.2, -0.15) is 10.2 Å². The van der Waals surface area contributed by atoms with Crippen LogP contribution in [-0.2, 0) is 0 Å².